The van der Waals surface area contributed by atoms with E-state index in [1.165, 1.54) is 0 Å². The van der Waals surface area contributed by atoms with Crippen molar-refractivity contribution in [3.8, 4) is 0 Å². The lowest BCUT2D eigenvalue weighted by Crippen LogP contribution is -2.37. The fourth-order valence-electron chi connectivity index (χ4n) is 2.66. The van der Waals surface area contributed by atoms with Crippen LogP contribution in [0.2, 0.25) is 0 Å². The van der Waals surface area contributed by atoms with Gasteiger partial charge in [-0.15, -0.1) is 0 Å². The molecule has 138 valence electrons. The van der Waals surface area contributed by atoms with E-state index in [1.54, 1.807) is 7.05 Å². The number of imidazole rings is 1. The minimum atomic E-state index is 0.364. The highest BCUT2D eigenvalue weighted by Crippen LogP contribution is 2.13. The number of aromatic amines is 1. The Morgan fingerprint density at radius 1 is 1.27 bits per heavy atom. The number of nitrogens with one attached hydrogen (secondary N) is 3. The summed E-state index contributed by atoms with van der Waals surface area (Å²) < 4.78 is 5.33. The molecule has 0 unspecified atom stereocenters. The van der Waals surface area contributed by atoms with Crippen LogP contribution in [0.4, 0.5) is 0 Å². The Kier molecular flexibility index (Phi) is 5.88. The molecule has 0 bridgehead atoms. The number of para-hydroxylation sites is 2. The van der Waals surface area contributed by atoms with Crippen LogP contribution >= 0.6 is 0 Å². The highest BCUT2D eigenvalue weighted by Gasteiger charge is 2.08. The van der Waals surface area contributed by atoms with Crippen molar-refractivity contribution in [3.63, 3.8) is 0 Å². The van der Waals surface area contributed by atoms with Gasteiger partial charge in [0.25, 0.3) is 0 Å². The number of aryl methyl sites for hydroxylation is 1. The van der Waals surface area contributed by atoms with Gasteiger partial charge >= 0.3 is 0 Å². The van der Waals surface area contributed by atoms with Gasteiger partial charge in [0, 0.05) is 26.1 Å². The van der Waals surface area contributed by atoms with E-state index in [4.69, 9.17) is 4.52 Å². The van der Waals surface area contributed by atoms with Crippen molar-refractivity contribution >= 4 is 17.0 Å². The number of guanidine groups is 1. The Hall–Kier alpha value is -2.83. The van der Waals surface area contributed by atoms with Gasteiger partial charge in [-0.1, -0.05) is 31.1 Å². The number of H-pyrrole nitrogens is 1. The summed E-state index contributed by atoms with van der Waals surface area (Å²) in [7, 11) is 1.76. The SMILES string of the molecule is CN=C(NCCCc1nc2ccccc2[nH]1)NCc1cc(C(C)C)no1. The van der Waals surface area contributed by atoms with Crippen molar-refractivity contribution < 1.29 is 4.52 Å². The monoisotopic (exact) mass is 354 g/mol. The van der Waals surface area contributed by atoms with Crippen molar-refractivity contribution in [2.24, 2.45) is 4.99 Å². The second-order valence-corrected chi connectivity index (χ2v) is 6.53. The quantitative estimate of drug-likeness (QED) is 0.345. The number of aromatic nitrogens is 3. The number of hydrogen-bond donors (Lipinski definition) is 3. The van der Waals surface area contributed by atoms with Gasteiger partial charge in [-0.05, 0) is 24.5 Å². The second-order valence-electron chi connectivity index (χ2n) is 6.53. The molecule has 0 radical (unpaired) electrons. The largest absolute Gasteiger partial charge is 0.359 e. The van der Waals surface area contributed by atoms with Crippen LogP contribution < -0.4 is 10.6 Å². The topological polar surface area (TPSA) is 91.1 Å². The van der Waals surface area contributed by atoms with Crippen molar-refractivity contribution in [1.29, 1.82) is 0 Å². The average molecular weight is 354 g/mol. The number of rotatable bonds is 7. The predicted molar refractivity (Wildman–Crippen MR) is 103 cm³/mol. The van der Waals surface area contributed by atoms with Crippen LogP contribution in [0.15, 0.2) is 39.8 Å². The zero-order valence-corrected chi connectivity index (χ0v) is 15.5. The highest BCUT2D eigenvalue weighted by molar-refractivity contribution is 5.79. The average Bonchev–Trinajstić information content (AvgIpc) is 3.27. The van der Waals surface area contributed by atoms with Gasteiger partial charge in [0.1, 0.15) is 5.82 Å². The van der Waals surface area contributed by atoms with Crippen molar-refractivity contribution in [1.82, 2.24) is 25.8 Å². The van der Waals surface area contributed by atoms with Gasteiger partial charge in [0.05, 0.1) is 23.3 Å². The summed E-state index contributed by atoms with van der Waals surface area (Å²) in [5.74, 6) is 2.93. The van der Waals surface area contributed by atoms with E-state index in [9.17, 15) is 0 Å². The molecule has 7 heteroatoms. The molecule has 0 amide bonds. The van der Waals surface area contributed by atoms with E-state index in [0.29, 0.717) is 12.5 Å². The molecule has 0 saturated heterocycles. The van der Waals surface area contributed by atoms with Crippen LogP contribution in [-0.4, -0.2) is 34.7 Å². The van der Waals surface area contributed by atoms with E-state index in [0.717, 1.165) is 53.7 Å². The van der Waals surface area contributed by atoms with Crippen LogP contribution in [0.1, 0.15) is 43.5 Å². The molecule has 7 nitrogen and oxygen atoms in total. The third-order valence-electron chi connectivity index (χ3n) is 4.14. The lowest BCUT2D eigenvalue weighted by atomic mass is 10.1. The third kappa shape index (κ3) is 4.62. The summed E-state index contributed by atoms with van der Waals surface area (Å²) >= 11 is 0. The van der Waals surface area contributed by atoms with E-state index < -0.39 is 0 Å². The first-order valence-electron chi connectivity index (χ1n) is 8.99. The van der Waals surface area contributed by atoms with Crippen LogP contribution in [0.25, 0.3) is 11.0 Å². The van der Waals surface area contributed by atoms with Crippen LogP contribution in [0, 0.1) is 0 Å². The molecule has 0 aliphatic rings. The van der Waals surface area contributed by atoms with E-state index in [-0.39, 0.29) is 0 Å². The van der Waals surface area contributed by atoms with Gasteiger partial charge in [-0.25, -0.2) is 4.98 Å². The molecule has 26 heavy (non-hydrogen) atoms. The first kappa shape index (κ1) is 18.0. The summed E-state index contributed by atoms with van der Waals surface area (Å²) in [6, 6.07) is 10.1. The first-order valence-corrected chi connectivity index (χ1v) is 8.99. The van der Waals surface area contributed by atoms with E-state index >= 15 is 0 Å². The Labute approximate surface area is 153 Å². The maximum atomic E-state index is 5.33. The Bertz CT molecular complexity index is 831. The summed E-state index contributed by atoms with van der Waals surface area (Å²) in [4.78, 5) is 12.2. The van der Waals surface area contributed by atoms with Gasteiger partial charge in [-0.3, -0.25) is 4.99 Å². The molecular weight excluding hydrogens is 328 g/mol. The molecular formula is C19H26N6O. The second kappa shape index (κ2) is 8.51. The summed E-state index contributed by atoms with van der Waals surface area (Å²) in [6.07, 6.45) is 1.85. The molecule has 0 spiro atoms. The van der Waals surface area contributed by atoms with Gasteiger partial charge in [0.15, 0.2) is 11.7 Å². The molecule has 3 aromatic rings. The van der Waals surface area contributed by atoms with Crippen molar-refractivity contribution in [3.05, 3.63) is 47.6 Å². The molecule has 0 atom stereocenters. The Morgan fingerprint density at radius 2 is 2.12 bits per heavy atom. The highest BCUT2D eigenvalue weighted by atomic mass is 16.5. The molecule has 0 fully saturated rings. The molecule has 3 N–H and O–H groups in total. The normalized spacial score (nSPS) is 12.1. The van der Waals surface area contributed by atoms with E-state index in [2.05, 4.69) is 44.6 Å². The lowest BCUT2D eigenvalue weighted by Gasteiger charge is -2.10. The fourth-order valence-corrected chi connectivity index (χ4v) is 2.66. The Morgan fingerprint density at radius 3 is 2.85 bits per heavy atom. The summed E-state index contributed by atoms with van der Waals surface area (Å²) in [6.45, 7) is 5.56. The smallest absolute Gasteiger partial charge is 0.191 e. The maximum absolute atomic E-state index is 5.33. The molecule has 1 aromatic carbocycles. The molecule has 2 heterocycles. The van der Waals surface area contributed by atoms with E-state index in [1.807, 2.05) is 30.3 Å². The molecule has 0 saturated carbocycles. The minimum Gasteiger partial charge on any atom is -0.359 e. The number of nitrogens with zero attached hydrogens (tertiary/aromatic N) is 3. The number of fused-ring (bicyclic) bond motifs is 1. The number of benzene rings is 1. The lowest BCUT2D eigenvalue weighted by molar-refractivity contribution is 0.372. The Balaban J connectivity index is 1.41. The fraction of sp³-hybridized carbons (Fsp3) is 0.421. The molecule has 2 aromatic heterocycles. The molecule has 0 aliphatic carbocycles. The standard InChI is InChI=1S/C19H26N6O/c1-13(2)17-11-14(26-25-17)12-22-19(20-3)21-10-6-9-18-23-15-7-4-5-8-16(15)24-18/h4-5,7-8,11,13H,6,9-10,12H2,1-3H3,(H,23,24)(H2,20,21,22). The third-order valence-corrected chi connectivity index (χ3v) is 4.14. The summed E-state index contributed by atoms with van der Waals surface area (Å²) in [5.41, 5.74) is 3.07. The zero-order valence-electron chi connectivity index (χ0n) is 15.5. The number of hydrogen-bond acceptors (Lipinski definition) is 4. The van der Waals surface area contributed by atoms with Crippen LogP contribution in [-0.2, 0) is 13.0 Å². The minimum absolute atomic E-state index is 0.364. The first-order chi connectivity index (χ1) is 12.7. The number of aliphatic imine (C=N–C) groups is 1. The summed E-state index contributed by atoms with van der Waals surface area (Å²) in [5, 5.41) is 10.6. The molecule has 0 aliphatic heterocycles. The van der Waals surface area contributed by atoms with Crippen molar-refractivity contribution in [2.45, 2.75) is 39.2 Å². The predicted octanol–water partition coefficient (Wildman–Crippen LogP) is 2.97. The van der Waals surface area contributed by atoms with Crippen LogP contribution in [0.3, 0.4) is 0 Å². The van der Waals surface area contributed by atoms with Gasteiger partial charge in [0.2, 0.25) is 0 Å². The maximum Gasteiger partial charge on any atom is 0.191 e. The van der Waals surface area contributed by atoms with Gasteiger partial charge in [-0.2, -0.15) is 0 Å². The van der Waals surface area contributed by atoms with Crippen molar-refractivity contribution in [2.75, 3.05) is 13.6 Å². The molecule has 3 rings (SSSR count). The van der Waals surface area contributed by atoms with Gasteiger partial charge < -0.3 is 20.1 Å². The zero-order chi connectivity index (χ0) is 18.4. The van der Waals surface area contributed by atoms with Crippen LogP contribution in [0.5, 0.6) is 0 Å².